The molecule has 4 rings (SSSR count). The molecule has 0 aliphatic carbocycles. The van der Waals surface area contributed by atoms with Crippen molar-refractivity contribution in [3.63, 3.8) is 0 Å². The van der Waals surface area contributed by atoms with Crippen LogP contribution in [0, 0.1) is 6.92 Å². The molecule has 1 atom stereocenters. The summed E-state index contributed by atoms with van der Waals surface area (Å²) in [5.41, 5.74) is 2.89. The van der Waals surface area contributed by atoms with Crippen molar-refractivity contribution in [2.75, 3.05) is 18.0 Å². The van der Waals surface area contributed by atoms with Gasteiger partial charge in [-0.1, -0.05) is 12.1 Å². The topological polar surface area (TPSA) is 46.8 Å². The van der Waals surface area contributed by atoms with Gasteiger partial charge in [0.15, 0.2) is 5.82 Å². The summed E-state index contributed by atoms with van der Waals surface area (Å²) in [6.45, 7) is 3.94. The maximum Gasteiger partial charge on any atom is 0.150 e. The van der Waals surface area contributed by atoms with Gasteiger partial charge in [-0.15, -0.1) is 0 Å². The molecule has 0 radical (unpaired) electrons. The van der Waals surface area contributed by atoms with Crippen LogP contribution < -0.4 is 4.90 Å². The van der Waals surface area contributed by atoms with E-state index >= 15 is 0 Å². The predicted molar refractivity (Wildman–Crippen MR) is 90.1 cm³/mol. The number of hydrogen-bond acceptors (Lipinski definition) is 4. The predicted octanol–water partition coefficient (Wildman–Crippen LogP) is 3.35. The van der Waals surface area contributed by atoms with E-state index in [9.17, 15) is 0 Å². The fourth-order valence-electron chi connectivity index (χ4n) is 3.04. The Morgan fingerprint density at radius 1 is 1.18 bits per heavy atom. The first-order valence-corrected chi connectivity index (χ1v) is 8.18. The minimum atomic E-state index is 0.388. The molecule has 1 unspecified atom stereocenters. The van der Waals surface area contributed by atoms with E-state index in [0.717, 1.165) is 46.5 Å². The second-order valence-corrected chi connectivity index (χ2v) is 6.56. The lowest BCUT2D eigenvalue weighted by molar-refractivity contribution is 0.494. The van der Waals surface area contributed by atoms with E-state index in [2.05, 4.69) is 30.9 Å². The molecule has 0 N–H and O–H groups in total. The summed E-state index contributed by atoms with van der Waals surface area (Å²) in [6.07, 6.45) is 4.94. The van der Waals surface area contributed by atoms with E-state index in [1.165, 1.54) is 0 Å². The third-order valence-electron chi connectivity index (χ3n) is 4.13. The molecular weight excluding hydrogens is 342 g/mol. The standard InChI is InChI=1S/C16H16BrN5/c1-11-16(20-15-5-3-2-4-14(15)19-11)21-7-6-13(10-21)22-9-12(17)8-18-22/h2-5,8-9,13H,6-7,10H2,1H3. The van der Waals surface area contributed by atoms with Gasteiger partial charge in [0.05, 0.1) is 33.4 Å². The number of anilines is 1. The number of aromatic nitrogens is 4. The number of nitrogens with zero attached hydrogens (tertiary/aromatic N) is 5. The van der Waals surface area contributed by atoms with Crippen molar-refractivity contribution in [1.29, 1.82) is 0 Å². The average molecular weight is 358 g/mol. The average Bonchev–Trinajstić information content (AvgIpc) is 3.15. The summed E-state index contributed by atoms with van der Waals surface area (Å²) in [5.74, 6) is 0.993. The number of fused-ring (bicyclic) bond motifs is 1. The first-order chi connectivity index (χ1) is 10.7. The van der Waals surface area contributed by atoms with Gasteiger partial charge in [0, 0.05) is 19.3 Å². The molecular formula is C16H16BrN5. The lowest BCUT2D eigenvalue weighted by atomic mass is 10.3. The molecule has 3 aromatic rings. The Labute approximate surface area is 137 Å². The molecule has 0 spiro atoms. The zero-order valence-corrected chi connectivity index (χ0v) is 13.9. The normalized spacial score (nSPS) is 18.3. The second-order valence-electron chi connectivity index (χ2n) is 5.65. The molecule has 3 heterocycles. The number of hydrogen-bond donors (Lipinski definition) is 0. The summed E-state index contributed by atoms with van der Waals surface area (Å²) < 4.78 is 3.06. The molecule has 1 aliphatic heterocycles. The maximum atomic E-state index is 4.81. The Kier molecular flexibility index (Phi) is 3.33. The molecule has 5 nitrogen and oxygen atoms in total. The van der Waals surface area contributed by atoms with Gasteiger partial charge in [-0.2, -0.15) is 5.10 Å². The molecule has 1 aromatic carbocycles. The lowest BCUT2D eigenvalue weighted by Crippen LogP contribution is -2.23. The van der Waals surface area contributed by atoms with Crippen LogP contribution in [0.4, 0.5) is 5.82 Å². The highest BCUT2D eigenvalue weighted by Crippen LogP contribution is 2.28. The Morgan fingerprint density at radius 2 is 1.95 bits per heavy atom. The van der Waals surface area contributed by atoms with E-state index < -0.39 is 0 Å². The van der Waals surface area contributed by atoms with Crippen molar-refractivity contribution in [1.82, 2.24) is 19.7 Å². The van der Waals surface area contributed by atoms with Gasteiger partial charge in [-0.05, 0) is 41.4 Å². The summed E-state index contributed by atoms with van der Waals surface area (Å²) >= 11 is 3.46. The van der Waals surface area contributed by atoms with Crippen molar-refractivity contribution >= 4 is 32.8 Å². The van der Waals surface area contributed by atoms with Crippen molar-refractivity contribution in [3.8, 4) is 0 Å². The van der Waals surface area contributed by atoms with Crippen LogP contribution in [0.2, 0.25) is 0 Å². The van der Waals surface area contributed by atoms with Crippen LogP contribution in [0.5, 0.6) is 0 Å². The van der Waals surface area contributed by atoms with Gasteiger partial charge in [0.2, 0.25) is 0 Å². The quantitative estimate of drug-likeness (QED) is 0.705. The third-order valence-corrected chi connectivity index (χ3v) is 4.54. The van der Waals surface area contributed by atoms with E-state index in [-0.39, 0.29) is 0 Å². The zero-order valence-electron chi connectivity index (χ0n) is 12.3. The smallest absolute Gasteiger partial charge is 0.150 e. The molecule has 0 amide bonds. The molecule has 1 fully saturated rings. The molecule has 22 heavy (non-hydrogen) atoms. The first kappa shape index (κ1) is 13.7. The number of aryl methyl sites for hydroxylation is 1. The minimum Gasteiger partial charge on any atom is -0.353 e. The lowest BCUT2D eigenvalue weighted by Gasteiger charge is -2.19. The fourth-order valence-corrected chi connectivity index (χ4v) is 3.34. The summed E-state index contributed by atoms with van der Waals surface area (Å²) in [4.78, 5) is 11.8. The molecule has 1 saturated heterocycles. The highest BCUT2D eigenvalue weighted by atomic mass is 79.9. The van der Waals surface area contributed by atoms with Crippen LogP contribution in [0.25, 0.3) is 11.0 Å². The molecule has 1 aliphatic rings. The van der Waals surface area contributed by atoms with Crippen LogP contribution in [-0.2, 0) is 0 Å². The summed E-state index contributed by atoms with van der Waals surface area (Å²) in [5, 5.41) is 4.41. The van der Waals surface area contributed by atoms with Gasteiger partial charge in [0.25, 0.3) is 0 Å². The van der Waals surface area contributed by atoms with Gasteiger partial charge in [-0.3, -0.25) is 4.68 Å². The summed E-state index contributed by atoms with van der Waals surface area (Å²) in [7, 11) is 0. The van der Waals surface area contributed by atoms with Crippen molar-refractivity contribution in [2.45, 2.75) is 19.4 Å². The number of para-hydroxylation sites is 2. The number of rotatable bonds is 2. The maximum absolute atomic E-state index is 4.81. The van der Waals surface area contributed by atoms with E-state index in [1.807, 2.05) is 48.3 Å². The van der Waals surface area contributed by atoms with E-state index in [0.29, 0.717) is 6.04 Å². The minimum absolute atomic E-state index is 0.388. The zero-order chi connectivity index (χ0) is 15.1. The second kappa shape index (κ2) is 5.35. The Morgan fingerprint density at radius 3 is 2.68 bits per heavy atom. The monoisotopic (exact) mass is 357 g/mol. The van der Waals surface area contributed by atoms with Crippen molar-refractivity contribution in [2.24, 2.45) is 0 Å². The highest BCUT2D eigenvalue weighted by molar-refractivity contribution is 9.10. The van der Waals surface area contributed by atoms with E-state index in [1.54, 1.807) is 0 Å². The molecule has 6 heteroatoms. The molecule has 2 aromatic heterocycles. The van der Waals surface area contributed by atoms with Gasteiger partial charge in [-0.25, -0.2) is 9.97 Å². The van der Waals surface area contributed by atoms with Crippen LogP contribution in [-0.4, -0.2) is 32.8 Å². The molecule has 0 saturated carbocycles. The number of benzene rings is 1. The third kappa shape index (κ3) is 2.37. The molecule has 0 bridgehead atoms. The van der Waals surface area contributed by atoms with Crippen molar-refractivity contribution in [3.05, 3.63) is 46.8 Å². The highest BCUT2D eigenvalue weighted by Gasteiger charge is 2.26. The Balaban J connectivity index is 1.64. The SMILES string of the molecule is Cc1nc2ccccc2nc1N1CCC(n2cc(Br)cn2)C1. The van der Waals surface area contributed by atoms with E-state index in [4.69, 9.17) is 4.98 Å². The van der Waals surface area contributed by atoms with Crippen LogP contribution >= 0.6 is 15.9 Å². The largest absolute Gasteiger partial charge is 0.353 e. The first-order valence-electron chi connectivity index (χ1n) is 7.39. The summed E-state index contributed by atoms with van der Waals surface area (Å²) in [6, 6.07) is 8.41. The number of halogens is 1. The van der Waals surface area contributed by atoms with Crippen molar-refractivity contribution < 1.29 is 0 Å². The van der Waals surface area contributed by atoms with Gasteiger partial charge in [0.1, 0.15) is 0 Å². The van der Waals surface area contributed by atoms with Gasteiger partial charge >= 0.3 is 0 Å². The molecule has 112 valence electrons. The van der Waals surface area contributed by atoms with Crippen LogP contribution in [0.3, 0.4) is 0 Å². The fraction of sp³-hybridized carbons (Fsp3) is 0.312. The Hall–Kier alpha value is -1.95. The van der Waals surface area contributed by atoms with Gasteiger partial charge < -0.3 is 4.90 Å². The van der Waals surface area contributed by atoms with Crippen LogP contribution in [0.1, 0.15) is 18.2 Å². The Bertz CT molecular complexity index is 828. The van der Waals surface area contributed by atoms with Crippen LogP contribution in [0.15, 0.2) is 41.1 Å².